The highest BCUT2D eigenvalue weighted by atomic mass is 16.5. The summed E-state index contributed by atoms with van der Waals surface area (Å²) in [6, 6.07) is 0. The van der Waals surface area contributed by atoms with Gasteiger partial charge in [-0.1, -0.05) is 0 Å². The fraction of sp³-hybridized carbons (Fsp3) is 0.400. The van der Waals surface area contributed by atoms with Crippen molar-refractivity contribution in [1.82, 2.24) is 0 Å². The van der Waals surface area contributed by atoms with Gasteiger partial charge in [0.15, 0.2) is 6.61 Å². The third-order valence-corrected chi connectivity index (χ3v) is 0.830. The van der Waals surface area contributed by atoms with E-state index in [0.29, 0.717) is 0 Å². The monoisotopic (exact) mass is 158 g/mol. The molecule has 0 spiro atoms. The second-order valence-corrected chi connectivity index (χ2v) is 1.45. The Morgan fingerprint density at radius 3 is 2.73 bits per heavy atom. The minimum atomic E-state index is -0.839. The van der Waals surface area contributed by atoms with Gasteiger partial charge in [0.25, 0.3) is 6.47 Å². The highest BCUT2D eigenvalue weighted by Gasteiger charge is 2.20. The predicted molar refractivity (Wildman–Crippen MR) is 32.7 cm³/mol. The Labute approximate surface area is 62.3 Å². The van der Waals surface area contributed by atoms with E-state index in [4.69, 9.17) is 5.53 Å². The second kappa shape index (κ2) is 5.13. The van der Waals surface area contributed by atoms with Gasteiger partial charge in [0.1, 0.15) is 0 Å². The molecular weight excluding hydrogens is 152 g/mol. The zero-order valence-corrected chi connectivity index (χ0v) is 5.81. The summed E-state index contributed by atoms with van der Waals surface area (Å²) in [5, 5.41) is 0. The first-order valence-electron chi connectivity index (χ1n) is 2.60. The number of esters is 1. The molecule has 60 valence electrons. The van der Waals surface area contributed by atoms with Gasteiger partial charge in [-0.15, -0.1) is 0 Å². The zero-order chi connectivity index (χ0) is 8.69. The molecule has 0 aromatic heterocycles. The van der Waals surface area contributed by atoms with Crippen molar-refractivity contribution >= 4 is 18.2 Å². The van der Waals surface area contributed by atoms with Crippen molar-refractivity contribution in [3.8, 4) is 0 Å². The summed E-state index contributed by atoms with van der Waals surface area (Å²) < 4.78 is 8.31. The van der Waals surface area contributed by atoms with E-state index in [-0.39, 0.29) is 12.2 Å². The van der Waals surface area contributed by atoms with E-state index in [0.717, 1.165) is 7.11 Å². The SMILES string of the molecule is COC(=O)C(COC=O)=[N+]=[N-]. The fourth-order valence-corrected chi connectivity index (χ4v) is 0.359. The maximum absolute atomic E-state index is 10.5. The van der Waals surface area contributed by atoms with Gasteiger partial charge in [-0.25, -0.2) is 4.79 Å². The van der Waals surface area contributed by atoms with Crippen LogP contribution in [0.3, 0.4) is 0 Å². The summed E-state index contributed by atoms with van der Waals surface area (Å²) >= 11 is 0. The summed E-state index contributed by atoms with van der Waals surface area (Å²) in [5.74, 6) is -0.839. The lowest BCUT2D eigenvalue weighted by Crippen LogP contribution is -2.22. The van der Waals surface area contributed by atoms with Gasteiger partial charge >= 0.3 is 11.7 Å². The normalized spacial score (nSPS) is 7.73. The third-order valence-electron chi connectivity index (χ3n) is 0.830. The minimum absolute atomic E-state index is 0.133. The lowest BCUT2D eigenvalue weighted by molar-refractivity contribution is -0.139. The van der Waals surface area contributed by atoms with Crippen LogP contribution in [0.1, 0.15) is 0 Å². The molecule has 0 aliphatic carbocycles. The van der Waals surface area contributed by atoms with E-state index >= 15 is 0 Å². The summed E-state index contributed by atoms with van der Waals surface area (Å²) in [4.78, 5) is 22.7. The Balaban J connectivity index is 4.08. The van der Waals surface area contributed by atoms with E-state index in [2.05, 4.69) is 14.3 Å². The van der Waals surface area contributed by atoms with Gasteiger partial charge in [-0.2, -0.15) is 4.79 Å². The quantitative estimate of drug-likeness (QED) is 0.172. The topological polar surface area (TPSA) is 89.0 Å². The number of carbonyl (C=O) groups is 2. The van der Waals surface area contributed by atoms with Gasteiger partial charge < -0.3 is 15.0 Å². The number of hydrogen-bond acceptors (Lipinski definition) is 4. The van der Waals surface area contributed by atoms with Crippen LogP contribution in [0.15, 0.2) is 0 Å². The van der Waals surface area contributed by atoms with Crippen molar-refractivity contribution in [2.75, 3.05) is 13.7 Å². The van der Waals surface area contributed by atoms with Gasteiger partial charge in [-0.05, 0) is 0 Å². The zero-order valence-electron chi connectivity index (χ0n) is 5.81. The minimum Gasteiger partial charge on any atom is -0.460 e. The van der Waals surface area contributed by atoms with E-state index < -0.39 is 12.6 Å². The highest BCUT2D eigenvalue weighted by Crippen LogP contribution is 1.78. The molecule has 0 bridgehead atoms. The molecular formula is C5H6N2O4. The van der Waals surface area contributed by atoms with Crippen LogP contribution in [-0.4, -0.2) is 36.7 Å². The molecule has 0 aromatic carbocycles. The van der Waals surface area contributed by atoms with Crippen LogP contribution in [0.2, 0.25) is 0 Å². The van der Waals surface area contributed by atoms with Crippen LogP contribution in [0.25, 0.3) is 5.53 Å². The Morgan fingerprint density at radius 2 is 2.36 bits per heavy atom. The molecule has 0 aliphatic heterocycles. The molecule has 0 aromatic rings. The lowest BCUT2D eigenvalue weighted by atomic mass is 10.4. The van der Waals surface area contributed by atoms with Crippen molar-refractivity contribution in [2.45, 2.75) is 0 Å². The molecule has 0 heterocycles. The molecule has 0 radical (unpaired) electrons. The Bertz CT molecular complexity index is 207. The summed E-state index contributed by atoms with van der Waals surface area (Å²) in [6.45, 7) is -0.263. The molecule has 6 heteroatoms. The van der Waals surface area contributed by atoms with Crippen LogP contribution < -0.4 is 0 Å². The van der Waals surface area contributed by atoms with E-state index in [1.807, 2.05) is 0 Å². The number of hydrogen-bond donors (Lipinski definition) is 0. The first-order chi connectivity index (χ1) is 5.26. The number of rotatable bonds is 4. The molecule has 0 rings (SSSR count). The average Bonchev–Trinajstić information content (AvgIpc) is 2.05. The van der Waals surface area contributed by atoms with Crippen LogP contribution in [0.5, 0.6) is 0 Å². The third kappa shape index (κ3) is 3.12. The van der Waals surface area contributed by atoms with Crippen molar-refractivity contribution in [1.29, 1.82) is 0 Å². The fourth-order valence-electron chi connectivity index (χ4n) is 0.359. The Hall–Kier alpha value is -1.68. The molecule has 0 atom stereocenters. The van der Waals surface area contributed by atoms with Crippen molar-refractivity contribution in [3.63, 3.8) is 0 Å². The Morgan fingerprint density at radius 1 is 1.73 bits per heavy atom. The van der Waals surface area contributed by atoms with Crippen LogP contribution in [0, 0.1) is 0 Å². The second-order valence-electron chi connectivity index (χ2n) is 1.45. The maximum Gasteiger partial charge on any atom is 0.420 e. The largest absolute Gasteiger partial charge is 0.460 e. The van der Waals surface area contributed by atoms with Crippen LogP contribution in [0.4, 0.5) is 0 Å². The van der Waals surface area contributed by atoms with E-state index in [1.54, 1.807) is 0 Å². The molecule has 0 saturated heterocycles. The van der Waals surface area contributed by atoms with Crippen LogP contribution in [-0.2, 0) is 19.1 Å². The smallest absolute Gasteiger partial charge is 0.420 e. The standard InChI is InChI=1S/C5H6N2O4/c1-10-5(9)4(7-6)2-11-3-8/h3H,2H2,1H3. The summed E-state index contributed by atoms with van der Waals surface area (Å²) in [6.07, 6.45) is 0. The Kier molecular flexibility index (Phi) is 4.35. The molecule has 0 aliphatic rings. The highest BCUT2D eigenvalue weighted by molar-refractivity contribution is 6.34. The van der Waals surface area contributed by atoms with Gasteiger partial charge in [0, 0.05) is 0 Å². The van der Waals surface area contributed by atoms with Crippen molar-refractivity contribution in [3.05, 3.63) is 5.53 Å². The molecule has 11 heavy (non-hydrogen) atoms. The van der Waals surface area contributed by atoms with Crippen molar-refractivity contribution < 1.29 is 23.9 Å². The number of ether oxygens (including phenoxy) is 2. The molecule has 0 unspecified atom stereocenters. The summed E-state index contributed by atoms with van der Waals surface area (Å²) in [5.41, 5.74) is 7.78. The van der Waals surface area contributed by atoms with E-state index in [1.165, 1.54) is 0 Å². The van der Waals surface area contributed by atoms with Gasteiger partial charge in [0.05, 0.1) is 7.11 Å². The lowest BCUT2D eigenvalue weighted by Gasteiger charge is -1.91. The molecule has 6 nitrogen and oxygen atoms in total. The first kappa shape index (κ1) is 9.32. The molecule has 0 fully saturated rings. The molecule has 0 saturated carbocycles. The maximum atomic E-state index is 10.5. The van der Waals surface area contributed by atoms with E-state index in [9.17, 15) is 9.59 Å². The number of carbonyl (C=O) groups excluding carboxylic acids is 2. The predicted octanol–water partition coefficient (Wildman–Crippen LogP) is -0.997. The number of methoxy groups -OCH3 is 1. The first-order valence-corrected chi connectivity index (χ1v) is 2.60. The van der Waals surface area contributed by atoms with Gasteiger partial charge in [0.2, 0.25) is 0 Å². The molecule has 0 amide bonds. The van der Waals surface area contributed by atoms with Crippen LogP contribution >= 0.6 is 0 Å². The van der Waals surface area contributed by atoms with Gasteiger partial charge in [-0.3, -0.25) is 4.79 Å². The summed E-state index contributed by atoms with van der Waals surface area (Å²) in [7, 11) is 1.12. The molecule has 0 N–H and O–H groups in total. The van der Waals surface area contributed by atoms with Crippen molar-refractivity contribution in [2.24, 2.45) is 0 Å². The average molecular weight is 158 g/mol. The number of nitrogens with zero attached hydrogens (tertiary/aromatic N) is 2.